The number of carbonyl (C=O) groups is 1. The van der Waals surface area contributed by atoms with Crippen molar-refractivity contribution in [3.63, 3.8) is 0 Å². The molecule has 23 heavy (non-hydrogen) atoms. The van der Waals surface area contributed by atoms with Crippen molar-refractivity contribution in [2.45, 2.75) is 60.0 Å². The molecule has 0 amide bonds. The number of rotatable bonds is 2. The molecule has 1 heterocycles. The third-order valence-electron chi connectivity index (χ3n) is 5.65. The summed E-state index contributed by atoms with van der Waals surface area (Å²) in [6.45, 7) is 10.5. The number of fused-ring (bicyclic) bond motifs is 2. The molecule has 124 valence electrons. The van der Waals surface area contributed by atoms with E-state index in [9.17, 15) is 4.79 Å². The predicted octanol–water partition coefficient (Wildman–Crippen LogP) is 4.54. The molecular formula is C20H26O3. The van der Waals surface area contributed by atoms with Gasteiger partial charge in [-0.25, -0.2) is 4.79 Å². The maximum absolute atomic E-state index is 12.0. The number of aryl methyl sites for hydroxylation is 1. The van der Waals surface area contributed by atoms with Gasteiger partial charge in [-0.05, 0) is 43.7 Å². The van der Waals surface area contributed by atoms with Gasteiger partial charge >= 0.3 is 5.97 Å². The minimum atomic E-state index is -0.224. The molecule has 0 radical (unpaired) electrons. The maximum atomic E-state index is 12.0. The van der Waals surface area contributed by atoms with Crippen LogP contribution in [0.3, 0.4) is 0 Å². The first-order valence-corrected chi connectivity index (χ1v) is 8.42. The van der Waals surface area contributed by atoms with Gasteiger partial charge in [-0.15, -0.1) is 0 Å². The van der Waals surface area contributed by atoms with Gasteiger partial charge in [-0.2, -0.15) is 0 Å². The van der Waals surface area contributed by atoms with Crippen molar-refractivity contribution in [2.75, 3.05) is 0 Å². The Labute approximate surface area is 138 Å². The lowest BCUT2D eigenvalue weighted by Crippen LogP contribution is -2.44. The summed E-state index contributed by atoms with van der Waals surface area (Å²) in [7, 11) is 0. The van der Waals surface area contributed by atoms with Crippen molar-refractivity contribution in [3.8, 4) is 0 Å². The lowest BCUT2D eigenvalue weighted by Gasteiger charge is -2.46. The lowest BCUT2D eigenvalue weighted by atomic mass is 9.59. The van der Waals surface area contributed by atoms with Crippen LogP contribution in [-0.4, -0.2) is 12.1 Å². The summed E-state index contributed by atoms with van der Waals surface area (Å²) in [6.07, 6.45) is 8.30. The van der Waals surface area contributed by atoms with Gasteiger partial charge in [0.15, 0.2) is 0 Å². The monoisotopic (exact) mass is 314 g/mol. The average molecular weight is 314 g/mol. The van der Waals surface area contributed by atoms with Crippen LogP contribution in [0.2, 0.25) is 0 Å². The normalized spacial score (nSPS) is 29.2. The van der Waals surface area contributed by atoms with E-state index in [-0.39, 0.29) is 17.5 Å². The Morgan fingerprint density at radius 1 is 1.43 bits per heavy atom. The summed E-state index contributed by atoms with van der Waals surface area (Å²) in [5, 5.41) is 0. The van der Waals surface area contributed by atoms with Gasteiger partial charge in [0.25, 0.3) is 0 Å². The van der Waals surface area contributed by atoms with Crippen LogP contribution in [0.5, 0.6) is 0 Å². The van der Waals surface area contributed by atoms with Crippen LogP contribution in [0, 0.1) is 18.3 Å². The Balaban J connectivity index is 1.85. The van der Waals surface area contributed by atoms with Gasteiger partial charge < -0.3 is 9.15 Å². The highest BCUT2D eigenvalue weighted by Gasteiger charge is 2.46. The highest BCUT2D eigenvalue weighted by atomic mass is 16.5. The zero-order valence-electron chi connectivity index (χ0n) is 14.7. The first-order valence-electron chi connectivity index (χ1n) is 8.42. The van der Waals surface area contributed by atoms with E-state index in [1.54, 1.807) is 6.08 Å². The molecule has 0 bridgehead atoms. The zero-order valence-corrected chi connectivity index (χ0v) is 14.7. The molecule has 1 aromatic rings. The van der Waals surface area contributed by atoms with Crippen molar-refractivity contribution >= 4 is 5.97 Å². The SMILES string of the molecule is CC(C)=CC(=O)O[C@@H]1CC=C2Cc3occ(C)c3C[C@@]2(C)[C@@H]1C. The minimum absolute atomic E-state index is 0.0375. The highest BCUT2D eigenvalue weighted by Crippen LogP contribution is 2.50. The molecule has 2 aliphatic rings. The Kier molecular flexibility index (Phi) is 3.99. The van der Waals surface area contributed by atoms with Gasteiger partial charge in [0.1, 0.15) is 11.9 Å². The number of esters is 1. The van der Waals surface area contributed by atoms with Crippen LogP contribution >= 0.6 is 0 Å². The van der Waals surface area contributed by atoms with E-state index in [0.29, 0.717) is 5.92 Å². The van der Waals surface area contributed by atoms with Gasteiger partial charge in [0, 0.05) is 24.8 Å². The van der Waals surface area contributed by atoms with E-state index in [0.717, 1.165) is 30.6 Å². The van der Waals surface area contributed by atoms with Crippen molar-refractivity contribution in [3.05, 3.63) is 46.4 Å². The fourth-order valence-corrected chi connectivity index (χ4v) is 3.96. The van der Waals surface area contributed by atoms with Crippen molar-refractivity contribution in [2.24, 2.45) is 11.3 Å². The summed E-state index contributed by atoms with van der Waals surface area (Å²) in [5.41, 5.74) is 5.01. The molecule has 0 aliphatic heterocycles. The number of hydrogen-bond acceptors (Lipinski definition) is 3. The second-order valence-corrected chi connectivity index (χ2v) is 7.54. The lowest BCUT2D eigenvalue weighted by molar-refractivity contribution is -0.148. The topological polar surface area (TPSA) is 39.4 Å². The van der Waals surface area contributed by atoms with Crippen LogP contribution in [-0.2, 0) is 22.4 Å². The number of ether oxygens (including phenoxy) is 1. The van der Waals surface area contributed by atoms with Crippen molar-refractivity contribution in [1.82, 2.24) is 0 Å². The van der Waals surface area contributed by atoms with Gasteiger partial charge in [-0.3, -0.25) is 0 Å². The average Bonchev–Trinajstić information content (AvgIpc) is 2.81. The van der Waals surface area contributed by atoms with Crippen LogP contribution in [0.25, 0.3) is 0 Å². The Morgan fingerprint density at radius 2 is 2.17 bits per heavy atom. The zero-order chi connectivity index (χ0) is 16.8. The molecule has 1 aromatic heterocycles. The number of carbonyl (C=O) groups excluding carboxylic acids is 1. The second-order valence-electron chi connectivity index (χ2n) is 7.54. The summed E-state index contributed by atoms with van der Waals surface area (Å²) in [6, 6.07) is 0. The van der Waals surface area contributed by atoms with Gasteiger partial charge in [-0.1, -0.05) is 31.1 Å². The minimum Gasteiger partial charge on any atom is -0.468 e. The molecule has 2 aliphatic carbocycles. The molecular weight excluding hydrogens is 288 g/mol. The van der Waals surface area contributed by atoms with E-state index in [1.807, 2.05) is 20.1 Å². The maximum Gasteiger partial charge on any atom is 0.330 e. The molecule has 3 nitrogen and oxygen atoms in total. The smallest absolute Gasteiger partial charge is 0.330 e. The molecule has 3 atom stereocenters. The summed E-state index contributed by atoms with van der Waals surface area (Å²) < 4.78 is 11.5. The number of hydrogen-bond donors (Lipinski definition) is 0. The fraction of sp³-hybridized carbons (Fsp3) is 0.550. The molecule has 3 heteroatoms. The molecule has 3 rings (SSSR count). The van der Waals surface area contributed by atoms with Gasteiger partial charge in [0.2, 0.25) is 0 Å². The molecule has 0 saturated carbocycles. The van der Waals surface area contributed by atoms with Crippen LogP contribution < -0.4 is 0 Å². The molecule has 0 saturated heterocycles. The number of furan rings is 1. The predicted molar refractivity (Wildman–Crippen MR) is 90.1 cm³/mol. The van der Waals surface area contributed by atoms with Crippen molar-refractivity contribution < 1.29 is 13.9 Å². The second kappa shape index (κ2) is 5.70. The van der Waals surface area contributed by atoms with E-state index >= 15 is 0 Å². The fourth-order valence-electron chi connectivity index (χ4n) is 3.96. The molecule has 0 N–H and O–H groups in total. The Bertz CT molecular complexity index is 688. The highest BCUT2D eigenvalue weighted by molar-refractivity contribution is 5.82. The van der Waals surface area contributed by atoms with E-state index < -0.39 is 0 Å². The van der Waals surface area contributed by atoms with Crippen molar-refractivity contribution in [1.29, 1.82) is 0 Å². The third-order valence-corrected chi connectivity index (χ3v) is 5.65. The van der Waals surface area contributed by atoms with Crippen LogP contribution in [0.1, 0.15) is 51.0 Å². The molecule has 0 unspecified atom stereocenters. The molecule has 0 fully saturated rings. The molecule has 0 aromatic carbocycles. The summed E-state index contributed by atoms with van der Waals surface area (Å²) in [5.74, 6) is 1.18. The first-order chi connectivity index (χ1) is 10.8. The Hall–Kier alpha value is -1.77. The Morgan fingerprint density at radius 3 is 2.87 bits per heavy atom. The van der Waals surface area contributed by atoms with E-state index in [2.05, 4.69) is 26.8 Å². The molecule has 0 spiro atoms. The summed E-state index contributed by atoms with van der Waals surface area (Å²) >= 11 is 0. The summed E-state index contributed by atoms with van der Waals surface area (Å²) in [4.78, 5) is 12.0. The van der Waals surface area contributed by atoms with Crippen LogP contribution in [0.15, 0.2) is 34.0 Å². The number of allylic oxidation sites excluding steroid dienone is 2. The third kappa shape index (κ3) is 2.77. The first kappa shape index (κ1) is 16.1. The van der Waals surface area contributed by atoms with Gasteiger partial charge in [0.05, 0.1) is 6.26 Å². The largest absolute Gasteiger partial charge is 0.468 e. The van der Waals surface area contributed by atoms with E-state index in [1.165, 1.54) is 16.7 Å². The van der Waals surface area contributed by atoms with Crippen LogP contribution in [0.4, 0.5) is 0 Å². The standard InChI is InChI=1S/C20H26O3/c1-12(2)8-19(21)23-17-7-6-15-9-18-16(13(3)11-22-18)10-20(15,5)14(17)4/h6,8,11,14,17H,7,9-10H2,1-5H3/t14-,17-,20+/m1/s1. The van der Waals surface area contributed by atoms with E-state index in [4.69, 9.17) is 9.15 Å². The quantitative estimate of drug-likeness (QED) is 0.457.